The van der Waals surface area contributed by atoms with Crippen LogP contribution < -0.4 is 10.6 Å². The van der Waals surface area contributed by atoms with Gasteiger partial charge < -0.3 is 10.6 Å². The summed E-state index contributed by atoms with van der Waals surface area (Å²) in [7, 11) is 0. The van der Waals surface area contributed by atoms with Gasteiger partial charge in [-0.25, -0.2) is 0 Å². The van der Waals surface area contributed by atoms with Crippen molar-refractivity contribution in [3.8, 4) is 0 Å². The van der Waals surface area contributed by atoms with Crippen LogP contribution in [-0.4, -0.2) is 25.0 Å². The standard InChI is InChI=1S/C12H26N2O/c1-5-8-13-9-12(15)14-11(4)7-6-10(2)3/h10-11,13H,5-9H2,1-4H3,(H,14,15). The molecule has 0 saturated carbocycles. The maximum Gasteiger partial charge on any atom is 0.234 e. The summed E-state index contributed by atoms with van der Waals surface area (Å²) < 4.78 is 0. The Labute approximate surface area is 94.0 Å². The minimum Gasteiger partial charge on any atom is -0.353 e. The maximum absolute atomic E-state index is 11.4. The third-order valence-electron chi connectivity index (χ3n) is 2.30. The van der Waals surface area contributed by atoms with E-state index in [1.54, 1.807) is 0 Å². The topological polar surface area (TPSA) is 41.1 Å². The summed E-state index contributed by atoms with van der Waals surface area (Å²) in [4.78, 5) is 11.4. The lowest BCUT2D eigenvalue weighted by molar-refractivity contribution is -0.120. The molecule has 3 heteroatoms. The van der Waals surface area contributed by atoms with Gasteiger partial charge in [0, 0.05) is 6.04 Å². The molecule has 0 fully saturated rings. The van der Waals surface area contributed by atoms with Crippen LogP contribution in [0.1, 0.15) is 47.0 Å². The molecular weight excluding hydrogens is 188 g/mol. The van der Waals surface area contributed by atoms with Gasteiger partial charge in [0.15, 0.2) is 0 Å². The van der Waals surface area contributed by atoms with Crippen molar-refractivity contribution < 1.29 is 4.79 Å². The summed E-state index contributed by atoms with van der Waals surface area (Å²) in [6.45, 7) is 9.93. The second-order valence-electron chi connectivity index (χ2n) is 4.62. The highest BCUT2D eigenvalue weighted by Gasteiger charge is 2.07. The number of rotatable bonds is 8. The first-order chi connectivity index (χ1) is 7.06. The van der Waals surface area contributed by atoms with E-state index in [4.69, 9.17) is 0 Å². The van der Waals surface area contributed by atoms with Crippen LogP contribution >= 0.6 is 0 Å². The minimum absolute atomic E-state index is 0.111. The quantitative estimate of drug-likeness (QED) is 0.606. The summed E-state index contributed by atoms with van der Waals surface area (Å²) >= 11 is 0. The fraction of sp³-hybridized carbons (Fsp3) is 0.917. The second-order valence-corrected chi connectivity index (χ2v) is 4.62. The van der Waals surface area contributed by atoms with Gasteiger partial charge in [0.1, 0.15) is 0 Å². The van der Waals surface area contributed by atoms with Gasteiger partial charge in [0.05, 0.1) is 6.54 Å². The first-order valence-corrected chi connectivity index (χ1v) is 6.06. The average molecular weight is 214 g/mol. The van der Waals surface area contributed by atoms with E-state index in [0.717, 1.165) is 19.4 Å². The van der Waals surface area contributed by atoms with Crippen molar-refractivity contribution in [3.05, 3.63) is 0 Å². The van der Waals surface area contributed by atoms with E-state index in [9.17, 15) is 4.79 Å². The molecule has 1 unspecified atom stereocenters. The van der Waals surface area contributed by atoms with Crippen molar-refractivity contribution in [1.82, 2.24) is 10.6 Å². The zero-order chi connectivity index (χ0) is 11.7. The lowest BCUT2D eigenvalue weighted by Gasteiger charge is -2.15. The Kier molecular flexibility index (Phi) is 8.38. The second kappa shape index (κ2) is 8.72. The van der Waals surface area contributed by atoms with E-state index in [1.807, 2.05) is 0 Å². The van der Waals surface area contributed by atoms with E-state index in [1.165, 1.54) is 6.42 Å². The highest BCUT2D eigenvalue weighted by atomic mass is 16.1. The number of hydrogen-bond acceptors (Lipinski definition) is 2. The molecule has 90 valence electrons. The molecule has 1 amide bonds. The highest BCUT2D eigenvalue weighted by molar-refractivity contribution is 5.78. The zero-order valence-corrected chi connectivity index (χ0v) is 10.6. The highest BCUT2D eigenvalue weighted by Crippen LogP contribution is 2.05. The van der Waals surface area contributed by atoms with Crippen LogP contribution in [0.15, 0.2) is 0 Å². The summed E-state index contributed by atoms with van der Waals surface area (Å²) in [6, 6.07) is 0.295. The van der Waals surface area contributed by atoms with Gasteiger partial charge >= 0.3 is 0 Å². The van der Waals surface area contributed by atoms with Crippen LogP contribution in [0.5, 0.6) is 0 Å². The van der Waals surface area contributed by atoms with E-state index in [0.29, 0.717) is 18.5 Å². The molecule has 0 aliphatic carbocycles. The molecule has 1 atom stereocenters. The molecule has 15 heavy (non-hydrogen) atoms. The summed E-state index contributed by atoms with van der Waals surface area (Å²) in [5.41, 5.74) is 0. The van der Waals surface area contributed by atoms with E-state index in [-0.39, 0.29) is 5.91 Å². The Balaban J connectivity index is 3.49. The fourth-order valence-corrected chi connectivity index (χ4v) is 1.36. The Morgan fingerprint density at radius 2 is 1.87 bits per heavy atom. The summed E-state index contributed by atoms with van der Waals surface area (Å²) in [6.07, 6.45) is 3.30. The smallest absolute Gasteiger partial charge is 0.234 e. The van der Waals surface area contributed by atoms with Crippen LogP contribution in [0.3, 0.4) is 0 Å². The van der Waals surface area contributed by atoms with Crippen LogP contribution in [0.2, 0.25) is 0 Å². The van der Waals surface area contributed by atoms with Crippen LogP contribution in [-0.2, 0) is 4.79 Å². The predicted molar refractivity (Wildman–Crippen MR) is 64.8 cm³/mol. The largest absolute Gasteiger partial charge is 0.353 e. The minimum atomic E-state index is 0.111. The first-order valence-electron chi connectivity index (χ1n) is 6.06. The molecule has 0 aliphatic rings. The van der Waals surface area contributed by atoms with Crippen molar-refractivity contribution in [2.45, 2.75) is 53.0 Å². The van der Waals surface area contributed by atoms with Crippen molar-refractivity contribution in [2.75, 3.05) is 13.1 Å². The summed E-state index contributed by atoms with van der Waals surface area (Å²) in [5.74, 6) is 0.822. The molecule has 0 radical (unpaired) electrons. The van der Waals surface area contributed by atoms with Crippen molar-refractivity contribution in [1.29, 1.82) is 0 Å². The number of amides is 1. The fourth-order valence-electron chi connectivity index (χ4n) is 1.36. The zero-order valence-electron chi connectivity index (χ0n) is 10.6. The monoisotopic (exact) mass is 214 g/mol. The molecular formula is C12H26N2O. The van der Waals surface area contributed by atoms with Crippen LogP contribution in [0, 0.1) is 5.92 Å². The van der Waals surface area contributed by atoms with Gasteiger partial charge in [-0.15, -0.1) is 0 Å². The van der Waals surface area contributed by atoms with Crippen molar-refractivity contribution in [3.63, 3.8) is 0 Å². The third-order valence-corrected chi connectivity index (χ3v) is 2.30. The van der Waals surface area contributed by atoms with Gasteiger partial charge in [-0.2, -0.15) is 0 Å². The molecule has 0 rings (SSSR count). The number of carbonyl (C=O) groups is 1. The molecule has 0 bridgehead atoms. The van der Waals surface area contributed by atoms with E-state index < -0.39 is 0 Å². The Morgan fingerprint density at radius 1 is 1.20 bits per heavy atom. The molecule has 0 aromatic carbocycles. The predicted octanol–water partition coefficient (Wildman–Crippen LogP) is 1.93. The van der Waals surface area contributed by atoms with Crippen molar-refractivity contribution in [2.24, 2.45) is 5.92 Å². The SMILES string of the molecule is CCCNCC(=O)NC(C)CCC(C)C. The lowest BCUT2D eigenvalue weighted by Crippen LogP contribution is -2.39. The maximum atomic E-state index is 11.4. The van der Waals surface area contributed by atoms with E-state index >= 15 is 0 Å². The normalized spacial score (nSPS) is 12.9. The molecule has 0 aromatic rings. The van der Waals surface area contributed by atoms with Gasteiger partial charge in [0.2, 0.25) is 5.91 Å². The van der Waals surface area contributed by atoms with Gasteiger partial charge in [0.25, 0.3) is 0 Å². The van der Waals surface area contributed by atoms with Crippen LogP contribution in [0.25, 0.3) is 0 Å². The van der Waals surface area contributed by atoms with Gasteiger partial charge in [-0.3, -0.25) is 4.79 Å². The lowest BCUT2D eigenvalue weighted by atomic mass is 10.0. The molecule has 0 saturated heterocycles. The molecule has 3 nitrogen and oxygen atoms in total. The van der Waals surface area contributed by atoms with Gasteiger partial charge in [-0.05, 0) is 38.6 Å². The molecule has 0 aromatic heterocycles. The first kappa shape index (κ1) is 14.4. The summed E-state index contributed by atoms with van der Waals surface area (Å²) in [5, 5.41) is 6.09. The molecule has 2 N–H and O–H groups in total. The van der Waals surface area contributed by atoms with E-state index in [2.05, 4.69) is 38.3 Å². The molecule has 0 heterocycles. The average Bonchev–Trinajstić information content (AvgIpc) is 2.15. The Morgan fingerprint density at radius 3 is 2.40 bits per heavy atom. The molecule has 0 aliphatic heterocycles. The van der Waals surface area contributed by atoms with Gasteiger partial charge in [-0.1, -0.05) is 20.8 Å². The number of nitrogens with one attached hydrogen (secondary N) is 2. The molecule has 0 spiro atoms. The Hall–Kier alpha value is -0.570. The number of carbonyl (C=O) groups excluding carboxylic acids is 1. The third kappa shape index (κ3) is 9.73. The van der Waals surface area contributed by atoms with Crippen LogP contribution in [0.4, 0.5) is 0 Å². The van der Waals surface area contributed by atoms with Crippen molar-refractivity contribution >= 4 is 5.91 Å². The number of hydrogen-bond donors (Lipinski definition) is 2. The Bertz CT molecular complexity index is 169.